The Hall–Kier alpha value is -3.09. The maximum atomic E-state index is 12.7. The predicted molar refractivity (Wildman–Crippen MR) is 93.8 cm³/mol. The van der Waals surface area contributed by atoms with Crippen molar-refractivity contribution in [2.24, 2.45) is 0 Å². The van der Waals surface area contributed by atoms with Gasteiger partial charge in [0, 0.05) is 38.0 Å². The molecular weight excluding hydrogens is 330 g/mol. The second-order valence-corrected chi connectivity index (χ2v) is 6.25. The summed E-state index contributed by atoms with van der Waals surface area (Å²) in [6.07, 6.45) is 8.01. The molecule has 1 aliphatic rings. The minimum absolute atomic E-state index is 0.113. The molecule has 0 aliphatic carbocycles. The van der Waals surface area contributed by atoms with Crippen LogP contribution in [0.5, 0.6) is 0 Å². The van der Waals surface area contributed by atoms with Crippen LogP contribution in [0, 0.1) is 0 Å². The van der Waals surface area contributed by atoms with Crippen molar-refractivity contribution in [2.75, 3.05) is 6.54 Å². The van der Waals surface area contributed by atoms with E-state index in [-0.39, 0.29) is 11.9 Å². The summed E-state index contributed by atoms with van der Waals surface area (Å²) in [5.74, 6) is 1.02. The van der Waals surface area contributed by atoms with E-state index in [1.807, 2.05) is 35.2 Å². The highest BCUT2D eigenvalue weighted by molar-refractivity contribution is 5.77. The monoisotopic (exact) mass is 349 g/mol. The van der Waals surface area contributed by atoms with Crippen LogP contribution >= 0.6 is 0 Å². The number of aromatic nitrogens is 4. The zero-order valence-corrected chi connectivity index (χ0v) is 14.3. The van der Waals surface area contributed by atoms with E-state index in [1.54, 1.807) is 18.6 Å². The molecule has 1 aliphatic heterocycles. The lowest BCUT2D eigenvalue weighted by molar-refractivity contribution is -0.132. The summed E-state index contributed by atoms with van der Waals surface area (Å²) in [5.41, 5.74) is 1.80. The Bertz CT molecular complexity index is 866. The minimum atomic E-state index is 0.113. The van der Waals surface area contributed by atoms with Gasteiger partial charge in [-0.1, -0.05) is 11.2 Å². The Morgan fingerprint density at radius 3 is 2.88 bits per heavy atom. The van der Waals surface area contributed by atoms with E-state index < -0.39 is 0 Å². The normalized spacial score (nSPS) is 16.8. The molecule has 1 atom stereocenters. The van der Waals surface area contributed by atoms with Gasteiger partial charge in [-0.2, -0.15) is 4.98 Å². The van der Waals surface area contributed by atoms with Gasteiger partial charge in [-0.25, -0.2) is 0 Å². The molecule has 7 heteroatoms. The number of rotatable bonds is 5. The van der Waals surface area contributed by atoms with Crippen molar-refractivity contribution < 1.29 is 9.32 Å². The number of pyridine rings is 2. The molecular formula is C19H19N5O2. The van der Waals surface area contributed by atoms with Gasteiger partial charge in [0.15, 0.2) is 0 Å². The molecule has 0 aromatic carbocycles. The highest BCUT2D eigenvalue weighted by Gasteiger charge is 2.29. The van der Waals surface area contributed by atoms with E-state index in [9.17, 15) is 4.79 Å². The number of carbonyl (C=O) groups excluding carboxylic acids is 1. The lowest BCUT2D eigenvalue weighted by Crippen LogP contribution is -2.30. The summed E-state index contributed by atoms with van der Waals surface area (Å²) in [5, 5.41) is 3.94. The lowest BCUT2D eigenvalue weighted by atomic mass is 10.1. The minimum Gasteiger partial charge on any atom is -0.339 e. The molecule has 132 valence electrons. The van der Waals surface area contributed by atoms with Gasteiger partial charge >= 0.3 is 0 Å². The van der Waals surface area contributed by atoms with Crippen LogP contribution in [0.4, 0.5) is 0 Å². The summed E-state index contributed by atoms with van der Waals surface area (Å²) >= 11 is 0. The largest absolute Gasteiger partial charge is 0.339 e. The third-order valence-corrected chi connectivity index (χ3v) is 4.58. The highest BCUT2D eigenvalue weighted by atomic mass is 16.5. The molecule has 4 heterocycles. The fourth-order valence-electron chi connectivity index (χ4n) is 3.31. The average molecular weight is 349 g/mol. The van der Waals surface area contributed by atoms with Crippen LogP contribution < -0.4 is 0 Å². The summed E-state index contributed by atoms with van der Waals surface area (Å²) < 4.78 is 5.26. The van der Waals surface area contributed by atoms with Gasteiger partial charge in [-0.05, 0) is 42.7 Å². The van der Waals surface area contributed by atoms with E-state index in [2.05, 4.69) is 20.1 Å². The van der Waals surface area contributed by atoms with Crippen molar-refractivity contribution in [1.29, 1.82) is 0 Å². The van der Waals surface area contributed by atoms with Crippen molar-refractivity contribution in [3.8, 4) is 11.5 Å². The first kappa shape index (κ1) is 16.4. The fraction of sp³-hybridized carbons (Fsp3) is 0.316. The van der Waals surface area contributed by atoms with E-state index in [0.717, 1.165) is 24.9 Å². The Morgan fingerprint density at radius 2 is 2.08 bits per heavy atom. The molecule has 3 aromatic heterocycles. The summed E-state index contributed by atoms with van der Waals surface area (Å²) in [6, 6.07) is 9.62. The van der Waals surface area contributed by atoms with Crippen LogP contribution in [0.25, 0.3) is 11.5 Å². The van der Waals surface area contributed by atoms with Crippen LogP contribution in [0.2, 0.25) is 0 Å². The molecule has 4 rings (SSSR count). The molecule has 0 N–H and O–H groups in total. The smallest absolute Gasteiger partial charge is 0.227 e. The van der Waals surface area contributed by atoms with Gasteiger partial charge in [0.1, 0.15) is 5.69 Å². The van der Waals surface area contributed by atoms with E-state index in [1.165, 1.54) is 0 Å². The Morgan fingerprint density at radius 1 is 1.19 bits per heavy atom. The van der Waals surface area contributed by atoms with Gasteiger partial charge in [-0.3, -0.25) is 14.8 Å². The molecule has 0 saturated carbocycles. The highest BCUT2D eigenvalue weighted by Crippen LogP contribution is 2.32. The Kier molecular flexibility index (Phi) is 4.68. The predicted octanol–water partition coefficient (Wildman–Crippen LogP) is 2.82. The first-order valence-electron chi connectivity index (χ1n) is 8.74. The van der Waals surface area contributed by atoms with Crippen molar-refractivity contribution in [1.82, 2.24) is 25.0 Å². The van der Waals surface area contributed by atoms with Gasteiger partial charge in [0.05, 0.1) is 6.04 Å². The number of likely N-dealkylation sites (tertiary alicyclic amines) is 1. The molecule has 0 spiro atoms. The number of carbonyl (C=O) groups is 1. The summed E-state index contributed by atoms with van der Waals surface area (Å²) in [4.78, 5) is 27.2. The molecule has 1 unspecified atom stereocenters. The van der Waals surface area contributed by atoms with Crippen LogP contribution in [-0.2, 0) is 11.2 Å². The maximum Gasteiger partial charge on any atom is 0.227 e. The molecule has 1 amide bonds. The maximum absolute atomic E-state index is 12.7. The van der Waals surface area contributed by atoms with E-state index in [0.29, 0.717) is 30.3 Å². The molecule has 0 bridgehead atoms. The second kappa shape index (κ2) is 7.43. The van der Waals surface area contributed by atoms with Crippen molar-refractivity contribution in [3.63, 3.8) is 0 Å². The zero-order valence-electron chi connectivity index (χ0n) is 14.3. The first-order chi connectivity index (χ1) is 12.8. The van der Waals surface area contributed by atoms with Crippen molar-refractivity contribution >= 4 is 5.91 Å². The molecule has 0 radical (unpaired) electrons. The standard InChI is InChI=1S/C19H19N5O2/c25-18(24-13-3-5-16(24)14-8-11-20-12-9-14)7-6-17-22-19(23-26-17)15-4-1-2-10-21-15/h1-2,4,8-12,16H,3,5-7,13H2. The molecule has 1 saturated heterocycles. The number of amides is 1. The van der Waals surface area contributed by atoms with Crippen LogP contribution in [-0.4, -0.2) is 37.5 Å². The van der Waals surface area contributed by atoms with Gasteiger partial charge in [0.25, 0.3) is 0 Å². The number of hydrogen-bond acceptors (Lipinski definition) is 6. The fourth-order valence-corrected chi connectivity index (χ4v) is 3.31. The second-order valence-electron chi connectivity index (χ2n) is 6.25. The van der Waals surface area contributed by atoms with Gasteiger partial charge < -0.3 is 9.42 Å². The van der Waals surface area contributed by atoms with E-state index in [4.69, 9.17) is 4.52 Å². The van der Waals surface area contributed by atoms with Crippen LogP contribution in [0.1, 0.15) is 36.8 Å². The molecule has 7 nitrogen and oxygen atoms in total. The summed E-state index contributed by atoms with van der Waals surface area (Å²) in [7, 11) is 0. The van der Waals surface area contributed by atoms with Crippen LogP contribution in [0.15, 0.2) is 53.4 Å². The molecule has 3 aromatic rings. The van der Waals surface area contributed by atoms with Crippen molar-refractivity contribution in [2.45, 2.75) is 31.7 Å². The average Bonchev–Trinajstić information content (AvgIpc) is 3.37. The third-order valence-electron chi connectivity index (χ3n) is 4.58. The third kappa shape index (κ3) is 3.46. The number of hydrogen-bond donors (Lipinski definition) is 0. The summed E-state index contributed by atoms with van der Waals surface area (Å²) in [6.45, 7) is 0.787. The number of aryl methyl sites for hydroxylation is 1. The van der Waals surface area contributed by atoms with Crippen LogP contribution in [0.3, 0.4) is 0 Å². The van der Waals surface area contributed by atoms with E-state index >= 15 is 0 Å². The molecule has 1 fully saturated rings. The SMILES string of the molecule is O=C(CCc1nc(-c2ccccn2)no1)N1CCCC1c1ccncc1. The quantitative estimate of drug-likeness (QED) is 0.704. The Balaban J connectivity index is 1.39. The molecule has 26 heavy (non-hydrogen) atoms. The zero-order chi connectivity index (χ0) is 17.8. The lowest BCUT2D eigenvalue weighted by Gasteiger charge is -2.24. The van der Waals surface area contributed by atoms with Gasteiger partial charge in [-0.15, -0.1) is 0 Å². The first-order valence-corrected chi connectivity index (χ1v) is 8.74. The van der Waals surface area contributed by atoms with Crippen molar-refractivity contribution in [3.05, 3.63) is 60.4 Å². The topological polar surface area (TPSA) is 85.0 Å². The Labute approximate surface area is 151 Å². The van der Waals surface area contributed by atoms with Gasteiger partial charge in [0.2, 0.25) is 17.6 Å². The number of nitrogens with zero attached hydrogens (tertiary/aromatic N) is 5.